The molecule has 94 valence electrons. The van der Waals surface area contributed by atoms with Crippen LogP contribution in [0, 0.1) is 0 Å². The highest BCUT2D eigenvalue weighted by molar-refractivity contribution is 5.66. The van der Waals surface area contributed by atoms with Gasteiger partial charge in [0.05, 0.1) is 5.69 Å². The van der Waals surface area contributed by atoms with Crippen molar-refractivity contribution in [2.24, 2.45) is 0 Å². The lowest BCUT2D eigenvalue weighted by Gasteiger charge is -1.96. The molecular weight excluding hydrogens is 256 g/mol. The average Bonchev–Trinajstić information content (AvgIpc) is 2.38. The molecule has 1 N–H and O–H groups in total. The van der Waals surface area contributed by atoms with E-state index in [2.05, 4.69) is 15.3 Å². The minimum Gasteiger partial charge on any atom is -1.00 e. The molecule has 0 bridgehead atoms. The molecule has 0 aliphatic rings. The van der Waals surface area contributed by atoms with Crippen molar-refractivity contribution in [2.75, 3.05) is 0 Å². The lowest BCUT2D eigenvalue weighted by atomic mass is 10.2. The molecule has 0 amide bonds. The van der Waals surface area contributed by atoms with Gasteiger partial charge < -0.3 is 17.5 Å². The van der Waals surface area contributed by atoms with E-state index in [9.17, 15) is 4.79 Å². The Kier molecular flexibility index (Phi) is 5.13. The third-order valence-electron chi connectivity index (χ3n) is 2.19. The van der Waals surface area contributed by atoms with Crippen LogP contribution in [0.2, 0.25) is 0 Å². The van der Waals surface area contributed by atoms with E-state index in [4.69, 9.17) is 5.11 Å². The molecule has 7 heteroatoms. The lowest BCUT2D eigenvalue weighted by Crippen LogP contribution is -3.00. The molecule has 0 radical (unpaired) electrons. The number of aliphatic carboxylic acids is 1. The van der Waals surface area contributed by atoms with Crippen molar-refractivity contribution in [3.05, 3.63) is 36.8 Å². The van der Waals surface area contributed by atoms with E-state index in [-0.39, 0.29) is 18.8 Å². The maximum Gasteiger partial charge on any atom is 0.309 e. The lowest BCUT2D eigenvalue weighted by molar-refractivity contribution is -0.752. The number of rotatable bonds is 4. The second-order valence-corrected chi connectivity index (χ2v) is 3.43. The Morgan fingerprint density at radius 2 is 2.22 bits per heavy atom. The van der Waals surface area contributed by atoms with Crippen LogP contribution in [-0.4, -0.2) is 26.4 Å². The van der Waals surface area contributed by atoms with Crippen LogP contribution in [0.4, 0.5) is 0 Å². The van der Waals surface area contributed by atoms with Gasteiger partial charge in [0, 0.05) is 17.8 Å². The van der Waals surface area contributed by atoms with Gasteiger partial charge in [-0.05, 0) is 17.2 Å². The highest BCUT2D eigenvalue weighted by Crippen LogP contribution is 2.11. The van der Waals surface area contributed by atoms with Crippen molar-refractivity contribution in [1.82, 2.24) is 15.3 Å². The number of carbonyl (C=O) groups is 1. The molecule has 2 rings (SSSR count). The van der Waals surface area contributed by atoms with Gasteiger partial charge in [-0.15, -0.1) is 0 Å². The topological polar surface area (TPSA) is 79.9 Å². The second-order valence-electron chi connectivity index (χ2n) is 3.43. The Hall–Kier alpha value is -2.08. The van der Waals surface area contributed by atoms with Gasteiger partial charge in [0.1, 0.15) is 12.6 Å². The minimum atomic E-state index is -0.836. The number of nitrogens with zero attached hydrogens (tertiary/aromatic N) is 4. The SMILES string of the molecule is O=C(O)CC[n+]1ccc(-c2cccnn2)cn1.[Cl-]. The maximum absolute atomic E-state index is 10.4. The van der Waals surface area contributed by atoms with Crippen molar-refractivity contribution >= 4 is 5.97 Å². The zero-order valence-electron chi connectivity index (χ0n) is 9.40. The van der Waals surface area contributed by atoms with Crippen molar-refractivity contribution in [3.63, 3.8) is 0 Å². The van der Waals surface area contributed by atoms with Crippen molar-refractivity contribution in [2.45, 2.75) is 13.0 Å². The Morgan fingerprint density at radius 3 is 2.78 bits per heavy atom. The van der Waals surface area contributed by atoms with E-state index in [0.29, 0.717) is 6.54 Å². The fourth-order valence-corrected chi connectivity index (χ4v) is 1.33. The summed E-state index contributed by atoms with van der Waals surface area (Å²) in [6.07, 6.45) is 5.04. The van der Waals surface area contributed by atoms with Crippen molar-refractivity contribution < 1.29 is 27.0 Å². The number of aryl methyl sites for hydroxylation is 1. The van der Waals surface area contributed by atoms with E-state index in [1.807, 2.05) is 12.1 Å². The molecule has 18 heavy (non-hydrogen) atoms. The van der Waals surface area contributed by atoms with E-state index in [1.165, 1.54) is 0 Å². The third-order valence-corrected chi connectivity index (χ3v) is 2.19. The van der Waals surface area contributed by atoms with Gasteiger partial charge in [-0.3, -0.25) is 4.79 Å². The maximum atomic E-state index is 10.4. The number of carboxylic acid groups (broad SMARTS) is 1. The first-order valence-electron chi connectivity index (χ1n) is 5.11. The van der Waals surface area contributed by atoms with Crippen LogP contribution in [0.15, 0.2) is 36.8 Å². The number of halogens is 1. The number of hydrogen-bond donors (Lipinski definition) is 1. The fourth-order valence-electron chi connectivity index (χ4n) is 1.33. The average molecular weight is 267 g/mol. The number of carboxylic acids is 1. The smallest absolute Gasteiger partial charge is 0.309 e. The standard InChI is InChI=1S/C11H10N4O2.ClH/c16-11(17)4-7-15-6-3-9(8-13-15)10-2-1-5-12-14-10;/h1-3,5-6,8H,4,7H2;1H. The van der Waals surface area contributed by atoms with Gasteiger partial charge in [-0.2, -0.15) is 10.2 Å². The summed E-state index contributed by atoms with van der Waals surface area (Å²) in [7, 11) is 0. The molecular formula is C11H11ClN4O2. The van der Waals surface area contributed by atoms with Crippen LogP contribution in [0.1, 0.15) is 6.42 Å². The molecule has 0 saturated heterocycles. The normalized spacial score (nSPS) is 9.56. The number of aromatic nitrogens is 4. The summed E-state index contributed by atoms with van der Waals surface area (Å²) >= 11 is 0. The first-order valence-corrected chi connectivity index (χ1v) is 5.11. The van der Waals surface area contributed by atoms with Crippen LogP contribution >= 0.6 is 0 Å². The molecule has 0 atom stereocenters. The number of hydrogen-bond acceptors (Lipinski definition) is 4. The summed E-state index contributed by atoms with van der Waals surface area (Å²) in [5.41, 5.74) is 1.59. The van der Waals surface area contributed by atoms with Crippen LogP contribution < -0.4 is 17.1 Å². The predicted octanol–water partition coefficient (Wildman–Crippen LogP) is -2.70. The molecule has 0 aliphatic heterocycles. The summed E-state index contributed by atoms with van der Waals surface area (Å²) in [4.78, 5) is 10.4. The van der Waals surface area contributed by atoms with Gasteiger partial charge in [0.15, 0.2) is 12.7 Å². The van der Waals surface area contributed by atoms with E-state index >= 15 is 0 Å². The van der Waals surface area contributed by atoms with Gasteiger partial charge in [0.25, 0.3) is 0 Å². The Bertz CT molecular complexity index is 504. The van der Waals surface area contributed by atoms with Gasteiger partial charge in [-0.1, -0.05) is 4.68 Å². The summed E-state index contributed by atoms with van der Waals surface area (Å²) in [5, 5.41) is 20.4. The van der Waals surface area contributed by atoms with Crippen molar-refractivity contribution in [1.29, 1.82) is 0 Å². The van der Waals surface area contributed by atoms with Gasteiger partial charge in [0.2, 0.25) is 0 Å². The second kappa shape index (κ2) is 6.61. The highest BCUT2D eigenvalue weighted by atomic mass is 35.5. The third kappa shape index (κ3) is 3.74. The first-order chi connectivity index (χ1) is 8.25. The molecule has 0 aromatic carbocycles. The summed E-state index contributed by atoms with van der Waals surface area (Å²) in [5.74, 6) is -0.836. The zero-order chi connectivity index (χ0) is 12.1. The summed E-state index contributed by atoms with van der Waals surface area (Å²) in [6, 6.07) is 5.47. The molecule has 2 aromatic heterocycles. The quantitative estimate of drug-likeness (QED) is 0.610. The van der Waals surface area contributed by atoms with Gasteiger partial charge >= 0.3 is 5.97 Å². The van der Waals surface area contributed by atoms with Crippen LogP contribution in [-0.2, 0) is 11.3 Å². The van der Waals surface area contributed by atoms with Crippen LogP contribution in [0.25, 0.3) is 11.3 Å². The monoisotopic (exact) mass is 266 g/mol. The molecule has 2 heterocycles. The predicted molar refractivity (Wildman–Crippen MR) is 57.7 cm³/mol. The largest absolute Gasteiger partial charge is 1.00 e. The first kappa shape index (κ1) is 14.0. The van der Waals surface area contributed by atoms with Gasteiger partial charge in [-0.25, -0.2) is 0 Å². The fraction of sp³-hybridized carbons (Fsp3) is 0.182. The summed E-state index contributed by atoms with van der Waals surface area (Å²) < 4.78 is 1.58. The molecule has 0 saturated carbocycles. The van der Waals surface area contributed by atoms with E-state index in [1.54, 1.807) is 29.3 Å². The Morgan fingerprint density at radius 1 is 1.39 bits per heavy atom. The summed E-state index contributed by atoms with van der Waals surface area (Å²) in [6.45, 7) is 0.357. The molecule has 0 aliphatic carbocycles. The highest BCUT2D eigenvalue weighted by Gasteiger charge is 2.07. The zero-order valence-corrected chi connectivity index (χ0v) is 10.2. The molecule has 0 fully saturated rings. The van der Waals surface area contributed by atoms with Crippen LogP contribution in [0.5, 0.6) is 0 Å². The minimum absolute atomic E-state index is 0. The Labute approximate surface area is 110 Å². The van der Waals surface area contributed by atoms with Crippen molar-refractivity contribution in [3.8, 4) is 11.3 Å². The molecule has 6 nitrogen and oxygen atoms in total. The van der Waals surface area contributed by atoms with E-state index < -0.39 is 5.97 Å². The molecule has 0 unspecified atom stereocenters. The molecule has 2 aromatic rings. The molecule has 0 spiro atoms. The van der Waals surface area contributed by atoms with Crippen LogP contribution in [0.3, 0.4) is 0 Å². The Balaban J connectivity index is 0.00000162. The van der Waals surface area contributed by atoms with E-state index in [0.717, 1.165) is 11.3 Å².